The van der Waals surface area contributed by atoms with Gasteiger partial charge in [0, 0.05) is 16.1 Å². The van der Waals surface area contributed by atoms with E-state index in [-0.39, 0.29) is 5.56 Å². The van der Waals surface area contributed by atoms with Crippen molar-refractivity contribution in [2.24, 2.45) is 0 Å². The predicted octanol–water partition coefficient (Wildman–Crippen LogP) is 5.32. The maximum atomic E-state index is 13.2. The minimum Gasteiger partial charge on any atom is -0.294 e. The van der Waals surface area contributed by atoms with Crippen molar-refractivity contribution in [1.29, 1.82) is 0 Å². The Kier molecular flexibility index (Phi) is 4.25. The number of thiophene rings is 1. The fraction of sp³-hybridized carbons (Fsp3) is 0.318. The standard InChI is InChI=1S/C22H20ClN3OS/c1-12(2)18-16-5-3-4-15(16)17-19-20(28-21(17)25-18)22(27)26(11-24-19)10-13-6-8-14(23)9-7-13/h6-9,11-12H,3-5,10H2,1-2H3. The molecule has 0 unspecified atom stereocenters. The van der Waals surface area contributed by atoms with Gasteiger partial charge in [-0.2, -0.15) is 0 Å². The normalized spacial score (nSPS) is 13.7. The summed E-state index contributed by atoms with van der Waals surface area (Å²) in [6.07, 6.45) is 4.95. The van der Waals surface area contributed by atoms with Gasteiger partial charge in [0.15, 0.2) is 0 Å². The Bertz CT molecular complexity index is 1270. The molecule has 0 saturated carbocycles. The monoisotopic (exact) mass is 409 g/mol. The third-order valence-corrected chi connectivity index (χ3v) is 6.82. The molecule has 28 heavy (non-hydrogen) atoms. The van der Waals surface area contributed by atoms with E-state index in [0.29, 0.717) is 22.2 Å². The maximum Gasteiger partial charge on any atom is 0.271 e. The van der Waals surface area contributed by atoms with Crippen molar-refractivity contribution in [3.63, 3.8) is 0 Å². The molecule has 1 aromatic carbocycles. The molecule has 142 valence electrons. The molecule has 1 aliphatic carbocycles. The first-order chi connectivity index (χ1) is 13.5. The maximum absolute atomic E-state index is 13.2. The smallest absolute Gasteiger partial charge is 0.271 e. The lowest BCUT2D eigenvalue weighted by Crippen LogP contribution is -2.20. The highest BCUT2D eigenvalue weighted by Crippen LogP contribution is 2.39. The minimum atomic E-state index is 0.000735. The average molecular weight is 410 g/mol. The molecule has 3 heterocycles. The quantitative estimate of drug-likeness (QED) is 0.460. The Morgan fingerprint density at radius 1 is 1.18 bits per heavy atom. The molecule has 0 N–H and O–H groups in total. The number of aryl methyl sites for hydroxylation is 1. The summed E-state index contributed by atoms with van der Waals surface area (Å²) in [5.74, 6) is 0.385. The lowest BCUT2D eigenvalue weighted by Gasteiger charge is -2.11. The van der Waals surface area contributed by atoms with Gasteiger partial charge in [0.2, 0.25) is 0 Å². The van der Waals surface area contributed by atoms with Crippen LogP contribution in [0.5, 0.6) is 0 Å². The highest BCUT2D eigenvalue weighted by atomic mass is 35.5. The average Bonchev–Trinajstić information content (AvgIpc) is 3.29. The van der Waals surface area contributed by atoms with Crippen LogP contribution in [-0.4, -0.2) is 14.5 Å². The van der Waals surface area contributed by atoms with Gasteiger partial charge in [-0.3, -0.25) is 9.36 Å². The molecule has 0 atom stereocenters. The third kappa shape index (κ3) is 2.76. The van der Waals surface area contributed by atoms with Gasteiger partial charge in [0.05, 0.1) is 18.4 Å². The van der Waals surface area contributed by atoms with Crippen molar-refractivity contribution in [2.45, 2.75) is 45.6 Å². The zero-order chi connectivity index (χ0) is 19.4. The first-order valence-corrected chi connectivity index (χ1v) is 10.8. The molecule has 0 fully saturated rings. The number of halogens is 1. The second-order valence-electron chi connectivity index (χ2n) is 7.73. The lowest BCUT2D eigenvalue weighted by molar-refractivity contribution is 0.750. The van der Waals surface area contributed by atoms with Crippen LogP contribution >= 0.6 is 22.9 Å². The summed E-state index contributed by atoms with van der Waals surface area (Å²) in [4.78, 5) is 23.8. The SMILES string of the molecule is CC(C)c1nc2sc3c(=O)n(Cc4ccc(Cl)cc4)cnc3c2c2c1CCC2. The summed E-state index contributed by atoms with van der Waals surface area (Å²) in [6.45, 7) is 4.87. The van der Waals surface area contributed by atoms with Gasteiger partial charge in [-0.25, -0.2) is 9.97 Å². The van der Waals surface area contributed by atoms with E-state index >= 15 is 0 Å². The van der Waals surface area contributed by atoms with Gasteiger partial charge in [0.25, 0.3) is 5.56 Å². The molecule has 4 nitrogen and oxygen atoms in total. The fourth-order valence-corrected chi connectivity index (χ4v) is 5.44. The van der Waals surface area contributed by atoms with Gasteiger partial charge in [-0.1, -0.05) is 37.6 Å². The number of fused-ring (bicyclic) bond motifs is 5. The molecule has 0 aliphatic heterocycles. The summed E-state index contributed by atoms with van der Waals surface area (Å²) in [6, 6.07) is 7.56. The summed E-state index contributed by atoms with van der Waals surface area (Å²) in [7, 11) is 0. The van der Waals surface area contributed by atoms with E-state index in [9.17, 15) is 4.79 Å². The van der Waals surface area contributed by atoms with Gasteiger partial charge in [-0.15, -0.1) is 11.3 Å². The number of pyridine rings is 1. The molecular weight excluding hydrogens is 390 g/mol. The summed E-state index contributed by atoms with van der Waals surface area (Å²) < 4.78 is 2.37. The second kappa shape index (κ2) is 6.68. The zero-order valence-corrected chi connectivity index (χ0v) is 17.4. The Balaban J connectivity index is 1.70. The van der Waals surface area contributed by atoms with Gasteiger partial charge >= 0.3 is 0 Å². The van der Waals surface area contributed by atoms with Crippen LogP contribution in [0.25, 0.3) is 20.4 Å². The van der Waals surface area contributed by atoms with E-state index in [1.807, 2.05) is 24.3 Å². The van der Waals surface area contributed by atoms with E-state index in [0.717, 1.165) is 40.6 Å². The Labute approximate surface area is 171 Å². The van der Waals surface area contributed by atoms with Crippen LogP contribution in [0.15, 0.2) is 35.4 Å². The molecule has 0 bridgehead atoms. The Morgan fingerprint density at radius 3 is 2.68 bits per heavy atom. The summed E-state index contributed by atoms with van der Waals surface area (Å²) in [5, 5.41) is 1.79. The van der Waals surface area contributed by atoms with E-state index < -0.39 is 0 Å². The molecule has 4 aromatic rings. The van der Waals surface area contributed by atoms with Crippen LogP contribution in [0.4, 0.5) is 0 Å². The van der Waals surface area contributed by atoms with Crippen molar-refractivity contribution in [1.82, 2.24) is 14.5 Å². The number of hydrogen-bond donors (Lipinski definition) is 0. The first kappa shape index (κ1) is 17.8. The molecule has 0 spiro atoms. The zero-order valence-electron chi connectivity index (χ0n) is 15.8. The van der Waals surface area contributed by atoms with Crippen LogP contribution in [0.3, 0.4) is 0 Å². The van der Waals surface area contributed by atoms with E-state index in [1.165, 1.54) is 28.2 Å². The molecule has 6 heteroatoms. The van der Waals surface area contributed by atoms with Gasteiger partial charge in [-0.05, 0) is 54.0 Å². The Hall–Kier alpha value is -2.24. The number of aromatic nitrogens is 3. The van der Waals surface area contributed by atoms with E-state index in [4.69, 9.17) is 21.6 Å². The fourth-order valence-electron chi connectivity index (χ4n) is 4.20. The highest BCUT2D eigenvalue weighted by molar-refractivity contribution is 7.25. The van der Waals surface area contributed by atoms with Crippen LogP contribution < -0.4 is 5.56 Å². The third-order valence-electron chi connectivity index (χ3n) is 5.51. The van der Waals surface area contributed by atoms with Crippen LogP contribution in [0.1, 0.15) is 48.6 Å². The lowest BCUT2D eigenvalue weighted by atomic mass is 9.99. The summed E-state index contributed by atoms with van der Waals surface area (Å²) >= 11 is 7.45. The van der Waals surface area contributed by atoms with Crippen molar-refractivity contribution >= 4 is 43.4 Å². The highest BCUT2D eigenvalue weighted by Gasteiger charge is 2.25. The molecular formula is C22H20ClN3OS. The van der Waals surface area contributed by atoms with Crippen LogP contribution in [0.2, 0.25) is 5.02 Å². The second-order valence-corrected chi connectivity index (χ2v) is 9.16. The van der Waals surface area contributed by atoms with Crippen LogP contribution in [-0.2, 0) is 19.4 Å². The molecule has 0 radical (unpaired) electrons. The number of benzene rings is 1. The first-order valence-electron chi connectivity index (χ1n) is 9.60. The Morgan fingerprint density at radius 2 is 1.93 bits per heavy atom. The molecule has 0 saturated heterocycles. The predicted molar refractivity (Wildman–Crippen MR) is 116 cm³/mol. The van der Waals surface area contributed by atoms with Gasteiger partial charge < -0.3 is 0 Å². The number of hydrogen-bond acceptors (Lipinski definition) is 4. The van der Waals surface area contributed by atoms with Crippen molar-refractivity contribution in [3.05, 3.63) is 68.4 Å². The van der Waals surface area contributed by atoms with E-state index in [2.05, 4.69) is 13.8 Å². The van der Waals surface area contributed by atoms with Crippen molar-refractivity contribution in [2.75, 3.05) is 0 Å². The topological polar surface area (TPSA) is 47.8 Å². The number of nitrogens with zero attached hydrogens (tertiary/aromatic N) is 3. The van der Waals surface area contributed by atoms with Crippen molar-refractivity contribution in [3.8, 4) is 0 Å². The molecule has 3 aromatic heterocycles. The molecule has 1 aliphatic rings. The minimum absolute atomic E-state index is 0.000735. The molecule has 5 rings (SSSR count). The number of rotatable bonds is 3. The summed E-state index contributed by atoms with van der Waals surface area (Å²) in [5.41, 5.74) is 5.78. The van der Waals surface area contributed by atoms with Gasteiger partial charge in [0.1, 0.15) is 9.53 Å². The molecule has 0 amide bonds. The van der Waals surface area contributed by atoms with Crippen LogP contribution in [0, 0.1) is 0 Å². The van der Waals surface area contributed by atoms with Crippen molar-refractivity contribution < 1.29 is 0 Å². The van der Waals surface area contributed by atoms with E-state index in [1.54, 1.807) is 10.9 Å². The largest absolute Gasteiger partial charge is 0.294 e.